The van der Waals surface area contributed by atoms with Crippen LogP contribution >= 0.6 is 23.4 Å². The topological polar surface area (TPSA) is 91.6 Å². The van der Waals surface area contributed by atoms with Crippen LogP contribution in [-0.4, -0.2) is 58.8 Å². The molecule has 0 bridgehead atoms. The third-order valence-electron chi connectivity index (χ3n) is 5.98. The van der Waals surface area contributed by atoms with E-state index in [9.17, 15) is 14.0 Å². The van der Waals surface area contributed by atoms with Crippen molar-refractivity contribution in [2.45, 2.75) is 5.22 Å². The lowest BCUT2D eigenvalue weighted by Gasteiger charge is -2.36. The lowest BCUT2D eigenvalue weighted by atomic mass is 10.1. The lowest BCUT2D eigenvalue weighted by molar-refractivity contribution is -0.113. The predicted molar refractivity (Wildman–Crippen MR) is 145 cm³/mol. The maximum absolute atomic E-state index is 13.4. The van der Waals surface area contributed by atoms with E-state index in [0.29, 0.717) is 48.0 Å². The first kappa shape index (κ1) is 25.7. The molecule has 1 N–H and O–H groups in total. The Kier molecular flexibility index (Phi) is 7.90. The zero-order valence-corrected chi connectivity index (χ0v) is 21.7. The number of nitrogens with one attached hydrogen (secondary N) is 1. The number of piperazine rings is 1. The highest BCUT2D eigenvalue weighted by atomic mass is 35.5. The summed E-state index contributed by atoms with van der Waals surface area (Å²) >= 11 is 7.02. The van der Waals surface area contributed by atoms with Crippen LogP contribution in [0, 0.1) is 5.82 Å². The molecule has 1 fully saturated rings. The number of amides is 2. The molecule has 0 saturated carbocycles. The SMILES string of the molecule is O=C(CSc1nnc(-c2cccc(F)c2)o1)Nc1ccc(N2CCN(C(=O)c3ccc(Cl)cc3)CC2)cc1. The number of carbonyl (C=O) groups excluding carboxylic acids is 2. The van der Waals surface area contributed by atoms with Gasteiger partial charge in [0.15, 0.2) is 0 Å². The van der Waals surface area contributed by atoms with E-state index in [-0.39, 0.29) is 28.7 Å². The summed E-state index contributed by atoms with van der Waals surface area (Å²) in [5.41, 5.74) is 2.80. The van der Waals surface area contributed by atoms with Gasteiger partial charge < -0.3 is 19.5 Å². The fourth-order valence-electron chi connectivity index (χ4n) is 4.03. The molecule has 11 heteroatoms. The molecule has 3 aromatic carbocycles. The number of halogens is 2. The highest BCUT2D eigenvalue weighted by Gasteiger charge is 2.22. The van der Waals surface area contributed by atoms with Crippen molar-refractivity contribution in [3.63, 3.8) is 0 Å². The molecule has 1 aliphatic heterocycles. The molecule has 38 heavy (non-hydrogen) atoms. The Morgan fingerprint density at radius 1 is 0.974 bits per heavy atom. The van der Waals surface area contributed by atoms with Gasteiger partial charge in [-0.1, -0.05) is 29.4 Å². The highest BCUT2D eigenvalue weighted by Crippen LogP contribution is 2.24. The maximum Gasteiger partial charge on any atom is 0.277 e. The van der Waals surface area contributed by atoms with Crippen LogP contribution in [0.3, 0.4) is 0 Å². The first-order chi connectivity index (χ1) is 18.4. The average molecular weight is 552 g/mol. The molecular weight excluding hydrogens is 529 g/mol. The molecule has 0 atom stereocenters. The minimum Gasteiger partial charge on any atom is -0.411 e. The fourth-order valence-corrected chi connectivity index (χ4v) is 4.72. The monoisotopic (exact) mass is 551 g/mol. The van der Waals surface area contributed by atoms with Gasteiger partial charge in [-0.3, -0.25) is 9.59 Å². The van der Waals surface area contributed by atoms with Crippen molar-refractivity contribution in [2.24, 2.45) is 0 Å². The quantitative estimate of drug-likeness (QED) is 0.315. The molecule has 0 spiro atoms. The summed E-state index contributed by atoms with van der Waals surface area (Å²) in [6.45, 7) is 2.66. The third-order valence-corrected chi connectivity index (χ3v) is 7.05. The summed E-state index contributed by atoms with van der Waals surface area (Å²) in [6, 6.07) is 20.4. The van der Waals surface area contributed by atoms with Crippen LogP contribution in [0.2, 0.25) is 5.02 Å². The first-order valence-corrected chi connectivity index (χ1v) is 13.2. The molecule has 0 radical (unpaired) electrons. The summed E-state index contributed by atoms with van der Waals surface area (Å²) in [6.07, 6.45) is 0. The van der Waals surface area contributed by atoms with Gasteiger partial charge in [-0.25, -0.2) is 4.39 Å². The van der Waals surface area contributed by atoms with Crippen molar-refractivity contribution < 1.29 is 18.4 Å². The van der Waals surface area contributed by atoms with Crippen LogP contribution in [-0.2, 0) is 4.79 Å². The third kappa shape index (κ3) is 6.32. The minimum absolute atomic E-state index is 0.00274. The van der Waals surface area contributed by atoms with Crippen LogP contribution in [0.15, 0.2) is 82.4 Å². The van der Waals surface area contributed by atoms with Crippen LogP contribution in [0.25, 0.3) is 11.5 Å². The Morgan fingerprint density at radius 2 is 1.71 bits per heavy atom. The van der Waals surface area contributed by atoms with E-state index in [2.05, 4.69) is 20.4 Å². The summed E-state index contributed by atoms with van der Waals surface area (Å²) in [5, 5.41) is 11.5. The number of hydrogen-bond acceptors (Lipinski definition) is 7. The van der Waals surface area contributed by atoms with E-state index in [1.807, 2.05) is 29.2 Å². The minimum atomic E-state index is -0.396. The molecular formula is C27H23ClFN5O3S. The number of rotatable bonds is 7. The summed E-state index contributed by atoms with van der Waals surface area (Å²) in [5.74, 6) is -0.341. The summed E-state index contributed by atoms with van der Waals surface area (Å²) in [7, 11) is 0. The number of aromatic nitrogens is 2. The predicted octanol–water partition coefficient (Wildman–Crippen LogP) is 5.22. The van der Waals surface area contributed by atoms with Crippen LogP contribution in [0.4, 0.5) is 15.8 Å². The van der Waals surface area contributed by atoms with Gasteiger partial charge in [0.1, 0.15) is 5.82 Å². The van der Waals surface area contributed by atoms with Crippen molar-refractivity contribution in [1.29, 1.82) is 0 Å². The molecule has 2 heterocycles. The van der Waals surface area contributed by atoms with Crippen LogP contribution in [0.5, 0.6) is 0 Å². The number of anilines is 2. The van der Waals surface area contributed by atoms with Crippen LogP contribution < -0.4 is 10.2 Å². The number of benzene rings is 3. The summed E-state index contributed by atoms with van der Waals surface area (Å²) < 4.78 is 18.9. The van der Waals surface area contributed by atoms with Gasteiger partial charge in [-0.2, -0.15) is 0 Å². The van der Waals surface area contributed by atoms with Crippen molar-refractivity contribution in [2.75, 3.05) is 42.1 Å². The Balaban J connectivity index is 1.09. The molecule has 0 aliphatic carbocycles. The van der Waals surface area contributed by atoms with Crippen molar-refractivity contribution in [1.82, 2.24) is 15.1 Å². The lowest BCUT2D eigenvalue weighted by Crippen LogP contribution is -2.48. The molecule has 4 aromatic rings. The highest BCUT2D eigenvalue weighted by molar-refractivity contribution is 7.99. The van der Waals surface area contributed by atoms with E-state index >= 15 is 0 Å². The van der Waals surface area contributed by atoms with Gasteiger partial charge in [0, 0.05) is 53.7 Å². The zero-order chi connectivity index (χ0) is 26.5. The molecule has 194 valence electrons. The van der Waals surface area contributed by atoms with Crippen molar-refractivity contribution >= 4 is 46.6 Å². The second kappa shape index (κ2) is 11.7. The zero-order valence-electron chi connectivity index (χ0n) is 20.1. The summed E-state index contributed by atoms with van der Waals surface area (Å²) in [4.78, 5) is 29.2. The number of nitrogens with zero attached hydrogens (tertiary/aromatic N) is 4. The second-order valence-electron chi connectivity index (χ2n) is 8.55. The smallest absolute Gasteiger partial charge is 0.277 e. The van der Waals surface area contributed by atoms with Crippen molar-refractivity contribution in [3.8, 4) is 11.5 Å². The van der Waals surface area contributed by atoms with Gasteiger partial charge in [0.25, 0.3) is 11.1 Å². The Hall–Kier alpha value is -3.89. The average Bonchev–Trinajstić information content (AvgIpc) is 3.42. The largest absolute Gasteiger partial charge is 0.411 e. The maximum atomic E-state index is 13.4. The van der Waals surface area contributed by atoms with Gasteiger partial charge in [0.05, 0.1) is 5.75 Å². The Bertz CT molecular complexity index is 1420. The van der Waals surface area contributed by atoms with Gasteiger partial charge in [-0.05, 0) is 66.7 Å². The van der Waals surface area contributed by atoms with Gasteiger partial charge in [-0.15, -0.1) is 10.2 Å². The molecule has 8 nitrogen and oxygen atoms in total. The molecule has 0 unspecified atom stereocenters. The first-order valence-electron chi connectivity index (χ1n) is 11.9. The molecule has 5 rings (SSSR count). The standard InChI is InChI=1S/C27H23ClFN5O3S/c28-20-6-4-18(5-7-20)26(36)34-14-12-33(13-15-34)23-10-8-22(9-11-23)30-24(35)17-38-27-32-31-25(37-27)19-2-1-3-21(29)16-19/h1-11,16H,12-15,17H2,(H,30,35). The molecule has 1 saturated heterocycles. The molecule has 2 amide bonds. The van der Waals surface area contributed by atoms with E-state index in [1.165, 1.54) is 12.1 Å². The van der Waals surface area contributed by atoms with Gasteiger partial charge in [0.2, 0.25) is 11.8 Å². The normalized spacial score (nSPS) is 13.4. The number of hydrogen-bond donors (Lipinski definition) is 1. The molecule has 1 aromatic heterocycles. The van der Waals surface area contributed by atoms with Gasteiger partial charge >= 0.3 is 0 Å². The fraction of sp³-hybridized carbons (Fsp3) is 0.185. The van der Waals surface area contributed by atoms with E-state index in [1.54, 1.807) is 36.4 Å². The number of thioether (sulfide) groups is 1. The Morgan fingerprint density at radius 3 is 2.42 bits per heavy atom. The Labute approximate surface area is 227 Å². The van der Waals surface area contributed by atoms with Crippen LogP contribution in [0.1, 0.15) is 10.4 Å². The van der Waals surface area contributed by atoms with E-state index < -0.39 is 5.82 Å². The second-order valence-corrected chi connectivity index (χ2v) is 9.92. The number of carbonyl (C=O) groups is 2. The van der Waals surface area contributed by atoms with Crippen molar-refractivity contribution in [3.05, 3.63) is 89.2 Å². The molecule has 1 aliphatic rings. The van der Waals surface area contributed by atoms with E-state index in [0.717, 1.165) is 17.4 Å². The van der Waals surface area contributed by atoms with E-state index in [4.69, 9.17) is 16.0 Å².